The lowest BCUT2D eigenvalue weighted by Crippen LogP contribution is -2.37. The molecule has 1 amide bonds. The summed E-state index contributed by atoms with van der Waals surface area (Å²) < 4.78 is 1.85. The number of rotatable bonds is 6. The monoisotopic (exact) mass is 374 g/mol. The van der Waals surface area contributed by atoms with E-state index in [4.69, 9.17) is 0 Å². The Morgan fingerprint density at radius 3 is 2.68 bits per heavy atom. The summed E-state index contributed by atoms with van der Waals surface area (Å²) in [4.78, 5) is 16.9. The molecule has 0 saturated carbocycles. The summed E-state index contributed by atoms with van der Waals surface area (Å²) in [6.07, 6.45) is 4.81. The molecule has 1 atom stereocenters. The van der Waals surface area contributed by atoms with Crippen molar-refractivity contribution in [2.45, 2.75) is 18.9 Å². The summed E-state index contributed by atoms with van der Waals surface area (Å²) in [5.74, 6) is 0.684. The molecule has 2 aromatic carbocycles. The summed E-state index contributed by atoms with van der Waals surface area (Å²) in [5, 5.41) is 4.32. The number of para-hydroxylation sites is 1. The van der Waals surface area contributed by atoms with Crippen molar-refractivity contribution in [1.29, 1.82) is 0 Å². The lowest BCUT2D eigenvalue weighted by atomic mass is 9.99. The van der Waals surface area contributed by atoms with Crippen LogP contribution in [0.5, 0.6) is 0 Å². The molecule has 0 radical (unpaired) electrons. The largest absolute Gasteiger partial charge is 0.340 e. The second-order valence-electron chi connectivity index (χ2n) is 7.46. The molecule has 0 unspecified atom stereocenters. The zero-order valence-electron chi connectivity index (χ0n) is 16.2. The number of aromatic nitrogens is 2. The van der Waals surface area contributed by atoms with Gasteiger partial charge in [0.2, 0.25) is 5.91 Å². The number of nitrogens with zero attached hydrogens (tertiary/aromatic N) is 4. The second kappa shape index (κ2) is 8.40. The predicted octanol–water partition coefficient (Wildman–Crippen LogP) is 3.32. The van der Waals surface area contributed by atoms with Gasteiger partial charge >= 0.3 is 0 Å². The van der Waals surface area contributed by atoms with Gasteiger partial charge < -0.3 is 4.90 Å². The Bertz CT molecular complexity index is 907. The van der Waals surface area contributed by atoms with E-state index in [2.05, 4.69) is 46.4 Å². The second-order valence-corrected chi connectivity index (χ2v) is 7.46. The first kappa shape index (κ1) is 18.4. The van der Waals surface area contributed by atoms with Crippen molar-refractivity contribution in [1.82, 2.24) is 19.6 Å². The molecule has 1 fully saturated rings. The number of hydrogen-bond acceptors (Lipinski definition) is 3. The predicted molar refractivity (Wildman–Crippen MR) is 110 cm³/mol. The van der Waals surface area contributed by atoms with E-state index in [1.807, 2.05) is 47.1 Å². The van der Waals surface area contributed by atoms with Crippen LogP contribution in [0.2, 0.25) is 0 Å². The molecule has 5 heteroatoms. The Labute approximate surface area is 166 Å². The van der Waals surface area contributed by atoms with Gasteiger partial charge in [-0.25, -0.2) is 4.68 Å². The van der Waals surface area contributed by atoms with Crippen LogP contribution in [0, 0.1) is 0 Å². The molecule has 1 saturated heterocycles. The van der Waals surface area contributed by atoms with Crippen LogP contribution < -0.4 is 0 Å². The Kier molecular flexibility index (Phi) is 5.53. The lowest BCUT2D eigenvalue weighted by molar-refractivity contribution is -0.131. The van der Waals surface area contributed by atoms with Gasteiger partial charge in [0.1, 0.15) is 0 Å². The molecule has 4 rings (SSSR count). The third kappa shape index (κ3) is 4.15. The van der Waals surface area contributed by atoms with Crippen molar-refractivity contribution < 1.29 is 4.79 Å². The lowest BCUT2D eigenvalue weighted by Gasteiger charge is -2.23. The zero-order chi connectivity index (χ0) is 19.3. The number of amides is 1. The van der Waals surface area contributed by atoms with Gasteiger partial charge in [0.25, 0.3) is 0 Å². The topological polar surface area (TPSA) is 41.4 Å². The van der Waals surface area contributed by atoms with Crippen LogP contribution in [0.4, 0.5) is 0 Å². The minimum absolute atomic E-state index is 0.156. The Morgan fingerprint density at radius 2 is 1.89 bits per heavy atom. The van der Waals surface area contributed by atoms with Gasteiger partial charge in [0, 0.05) is 32.5 Å². The standard InChI is InChI=1S/C23H26N4O/c1-25(16-21-10-5-6-11-22(21)27-14-7-13-24-27)23(28)18-26-15-12-20(17-26)19-8-3-2-4-9-19/h2-11,13-14,20H,12,15-18H2,1H3/t20-/m1/s1. The highest BCUT2D eigenvalue weighted by atomic mass is 16.2. The van der Waals surface area contributed by atoms with Gasteiger partial charge in [-0.3, -0.25) is 9.69 Å². The summed E-state index contributed by atoms with van der Waals surface area (Å²) in [7, 11) is 1.88. The molecular weight excluding hydrogens is 348 g/mol. The molecular formula is C23H26N4O. The molecule has 5 nitrogen and oxygen atoms in total. The van der Waals surface area contributed by atoms with Gasteiger partial charge in [-0.2, -0.15) is 5.10 Å². The summed E-state index contributed by atoms with van der Waals surface area (Å²) >= 11 is 0. The first-order valence-electron chi connectivity index (χ1n) is 9.80. The van der Waals surface area contributed by atoms with E-state index < -0.39 is 0 Å². The molecule has 0 N–H and O–H groups in total. The maximum Gasteiger partial charge on any atom is 0.236 e. The summed E-state index contributed by atoms with van der Waals surface area (Å²) in [6.45, 7) is 2.98. The van der Waals surface area contributed by atoms with Crippen LogP contribution >= 0.6 is 0 Å². The van der Waals surface area contributed by atoms with Crippen molar-refractivity contribution in [2.75, 3.05) is 26.7 Å². The van der Waals surface area contributed by atoms with Gasteiger partial charge in [0.05, 0.1) is 12.2 Å². The smallest absolute Gasteiger partial charge is 0.236 e. The molecule has 0 spiro atoms. The highest BCUT2D eigenvalue weighted by Crippen LogP contribution is 2.26. The first-order valence-corrected chi connectivity index (χ1v) is 9.80. The molecule has 144 valence electrons. The molecule has 3 aromatic rings. The fourth-order valence-electron chi connectivity index (χ4n) is 3.91. The fraction of sp³-hybridized carbons (Fsp3) is 0.304. The quantitative estimate of drug-likeness (QED) is 0.665. The van der Waals surface area contributed by atoms with Crippen LogP contribution in [0.3, 0.4) is 0 Å². The van der Waals surface area contributed by atoms with Gasteiger partial charge in [-0.1, -0.05) is 48.5 Å². The van der Waals surface area contributed by atoms with E-state index in [1.165, 1.54) is 5.56 Å². The molecule has 1 aromatic heterocycles. The van der Waals surface area contributed by atoms with Crippen molar-refractivity contribution in [3.8, 4) is 5.69 Å². The minimum atomic E-state index is 0.156. The molecule has 28 heavy (non-hydrogen) atoms. The SMILES string of the molecule is CN(Cc1ccccc1-n1cccn1)C(=O)CN1CC[C@@H](c2ccccc2)C1. The van der Waals surface area contributed by atoms with Gasteiger partial charge in [0.15, 0.2) is 0 Å². The zero-order valence-corrected chi connectivity index (χ0v) is 16.2. The van der Waals surface area contributed by atoms with Crippen LogP contribution in [0.15, 0.2) is 73.1 Å². The normalized spacial score (nSPS) is 17.0. The van der Waals surface area contributed by atoms with Crippen LogP contribution in [0.25, 0.3) is 5.69 Å². The number of likely N-dealkylation sites (N-methyl/N-ethyl adjacent to an activating group) is 1. The maximum absolute atomic E-state index is 12.8. The molecule has 2 heterocycles. The molecule has 1 aliphatic heterocycles. The first-order chi connectivity index (χ1) is 13.7. The molecule has 1 aliphatic rings. The number of hydrogen-bond donors (Lipinski definition) is 0. The van der Waals surface area contributed by atoms with Gasteiger partial charge in [-0.15, -0.1) is 0 Å². The minimum Gasteiger partial charge on any atom is -0.340 e. The van der Waals surface area contributed by atoms with Gasteiger partial charge in [-0.05, 0) is 42.1 Å². The fourth-order valence-corrected chi connectivity index (χ4v) is 3.91. The number of likely N-dealkylation sites (tertiary alicyclic amines) is 1. The maximum atomic E-state index is 12.8. The Balaban J connectivity index is 1.36. The van der Waals surface area contributed by atoms with E-state index in [9.17, 15) is 4.79 Å². The molecule has 0 bridgehead atoms. The van der Waals surface area contributed by atoms with E-state index in [-0.39, 0.29) is 5.91 Å². The van der Waals surface area contributed by atoms with Crippen LogP contribution in [-0.4, -0.2) is 52.2 Å². The van der Waals surface area contributed by atoms with Crippen molar-refractivity contribution >= 4 is 5.91 Å². The third-order valence-corrected chi connectivity index (χ3v) is 5.48. The molecule has 0 aliphatic carbocycles. The Morgan fingerprint density at radius 1 is 1.11 bits per heavy atom. The van der Waals surface area contributed by atoms with Crippen LogP contribution in [-0.2, 0) is 11.3 Å². The van der Waals surface area contributed by atoms with Crippen molar-refractivity contribution in [3.05, 3.63) is 84.2 Å². The van der Waals surface area contributed by atoms with Crippen LogP contribution in [0.1, 0.15) is 23.5 Å². The Hall–Kier alpha value is -2.92. The van der Waals surface area contributed by atoms with E-state index in [0.717, 1.165) is 30.8 Å². The summed E-state index contributed by atoms with van der Waals surface area (Å²) in [5.41, 5.74) is 3.47. The van der Waals surface area contributed by atoms with Crippen molar-refractivity contribution in [2.24, 2.45) is 0 Å². The number of benzene rings is 2. The average Bonchev–Trinajstić information content (AvgIpc) is 3.41. The number of carbonyl (C=O) groups excluding carboxylic acids is 1. The van der Waals surface area contributed by atoms with E-state index in [0.29, 0.717) is 19.0 Å². The summed E-state index contributed by atoms with van der Waals surface area (Å²) in [6, 6.07) is 20.6. The highest BCUT2D eigenvalue weighted by molar-refractivity contribution is 5.78. The third-order valence-electron chi connectivity index (χ3n) is 5.48. The number of carbonyl (C=O) groups is 1. The van der Waals surface area contributed by atoms with E-state index in [1.54, 1.807) is 6.20 Å². The highest BCUT2D eigenvalue weighted by Gasteiger charge is 2.26. The average molecular weight is 374 g/mol. The van der Waals surface area contributed by atoms with E-state index >= 15 is 0 Å². The van der Waals surface area contributed by atoms with Crippen molar-refractivity contribution in [3.63, 3.8) is 0 Å².